The Labute approximate surface area is 241 Å². The Balaban J connectivity index is 1.28. The molecule has 2 atom stereocenters. The van der Waals surface area contributed by atoms with Gasteiger partial charge in [-0.25, -0.2) is 4.98 Å². The number of nitrogens with zero attached hydrogens (tertiary/aromatic N) is 2. The SMILES string of the molecule is COC(=O)C[C@@H]1COc2cc(CCc3cccc(-n4c([C@H]5CCCO5)nc5cc(OC(F)(F)F)ccc54)c3C)ccc21. The molecule has 6 rings (SSSR count). The van der Waals surface area contributed by atoms with Gasteiger partial charge in [0.1, 0.15) is 23.4 Å². The molecule has 7 nitrogen and oxygen atoms in total. The third-order valence-corrected chi connectivity index (χ3v) is 8.04. The minimum Gasteiger partial charge on any atom is -0.493 e. The van der Waals surface area contributed by atoms with Gasteiger partial charge in [-0.15, -0.1) is 13.2 Å². The maximum atomic E-state index is 12.9. The summed E-state index contributed by atoms with van der Waals surface area (Å²) in [5.41, 5.74) is 6.37. The second-order valence-electron chi connectivity index (χ2n) is 10.7. The van der Waals surface area contributed by atoms with Crippen molar-refractivity contribution < 1.29 is 36.9 Å². The van der Waals surface area contributed by atoms with E-state index in [1.54, 1.807) is 6.07 Å². The number of aryl methyl sites for hydroxylation is 2. The number of aromatic nitrogens is 2. The van der Waals surface area contributed by atoms with Crippen LogP contribution >= 0.6 is 0 Å². The van der Waals surface area contributed by atoms with E-state index >= 15 is 0 Å². The molecule has 2 aliphatic heterocycles. The number of benzene rings is 3. The van der Waals surface area contributed by atoms with Crippen molar-refractivity contribution in [2.45, 2.75) is 57.4 Å². The van der Waals surface area contributed by atoms with Crippen molar-refractivity contribution in [1.82, 2.24) is 9.55 Å². The number of fused-ring (bicyclic) bond motifs is 2. The number of alkyl halides is 3. The van der Waals surface area contributed by atoms with Crippen LogP contribution in [0.2, 0.25) is 0 Å². The van der Waals surface area contributed by atoms with Crippen LogP contribution in [-0.4, -0.2) is 42.2 Å². The summed E-state index contributed by atoms with van der Waals surface area (Å²) in [6, 6.07) is 16.5. The highest BCUT2D eigenvalue weighted by molar-refractivity contribution is 5.80. The zero-order valence-electron chi connectivity index (χ0n) is 23.4. The molecule has 0 spiro atoms. The zero-order chi connectivity index (χ0) is 29.4. The van der Waals surface area contributed by atoms with Crippen LogP contribution in [0.4, 0.5) is 13.2 Å². The van der Waals surface area contributed by atoms with Crippen LogP contribution < -0.4 is 9.47 Å². The average molecular weight is 581 g/mol. The van der Waals surface area contributed by atoms with Gasteiger partial charge in [0.2, 0.25) is 0 Å². The van der Waals surface area contributed by atoms with Gasteiger partial charge in [0.25, 0.3) is 0 Å². The summed E-state index contributed by atoms with van der Waals surface area (Å²) in [6.07, 6.45) is -1.50. The van der Waals surface area contributed by atoms with Crippen LogP contribution in [0, 0.1) is 6.92 Å². The molecule has 0 bridgehead atoms. The number of halogens is 3. The lowest BCUT2D eigenvalue weighted by molar-refractivity contribution is -0.274. The van der Waals surface area contributed by atoms with Gasteiger partial charge in [-0.3, -0.25) is 9.36 Å². The molecule has 3 heterocycles. The second-order valence-corrected chi connectivity index (χ2v) is 10.7. The molecule has 1 aromatic heterocycles. The normalized spacial score (nSPS) is 18.2. The summed E-state index contributed by atoms with van der Waals surface area (Å²) in [5.74, 6) is 0.925. The standard InChI is InChI=1S/C32H31F3N2O5/c1-19-21(10-8-20-9-12-24-22(16-30(38)39-2)18-41-29(24)15-20)5-3-6-26(19)37-27-13-11-23(42-32(33,34)35)17-25(27)36-31(37)28-7-4-14-40-28/h3,5-6,9,11-13,15,17,22,28H,4,7-8,10,14,16,18H2,1-2H3/t22-,28-/m1/s1. The Bertz CT molecular complexity index is 1620. The molecule has 220 valence electrons. The smallest absolute Gasteiger partial charge is 0.493 e. The summed E-state index contributed by atoms with van der Waals surface area (Å²) in [5, 5.41) is 0. The van der Waals surface area contributed by atoms with Gasteiger partial charge >= 0.3 is 12.3 Å². The third-order valence-electron chi connectivity index (χ3n) is 8.04. The quantitative estimate of drug-likeness (QED) is 0.211. The molecule has 0 N–H and O–H groups in total. The van der Waals surface area contributed by atoms with Crippen LogP contribution in [0.25, 0.3) is 16.7 Å². The third kappa shape index (κ3) is 5.68. The van der Waals surface area contributed by atoms with Crippen molar-refractivity contribution in [3.8, 4) is 17.2 Å². The van der Waals surface area contributed by atoms with Gasteiger partial charge in [-0.2, -0.15) is 0 Å². The van der Waals surface area contributed by atoms with Crippen molar-refractivity contribution in [1.29, 1.82) is 0 Å². The van der Waals surface area contributed by atoms with Gasteiger partial charge in [0, 0.05) is 24.2 Å². The maximum Gasteiger partial charge on any atom is 0.573 e. The molecule has 0 saturated carbocycles. The highest BCUT2D eigenvalue weighted by Gasteiger charge is 2.32. The lowest BCUT2D eigenvalue weighted by Gasteiger charge is -2.18. The first-order valence-corrected chi connectivity index (χ1v) is 14.0. The number of ether oxygens (including phenoxy) is 4. The number of carbonyl (C=O) groups excluding carboxylic acids is 1. The second kappa shape index (κ2) is 11.3. The number of carbonyl (C=O) groups is 1. The summed E-state index contributed by atoms with van der Waals surface area (Å²) in [7, 11) is 1.39. The average Bonchev–Trinajstić information content (AvgIpc) is 3.70. The molecule has 1 fully saturated rings. The summed E-state index contributed by atoms with van der Waals surface area (Å²) in [4.78, 5) is 16.5. The molecular formula is C32H31F3N2O5. The van der Waals surface area contributed by atoms with E-state index in [1.165, 1.54) is 19.2 Å². The lowest BCUT2D eigenvalue weighted by Crippen LogP contribution is -2.17. The van der Waals surface area contributed by atoms with Crippen LogP contribution in [0.1, 0.15) is 59.4 Å². The fourth-order valence-electron chi connectivity index (χ4n) is 5.92. The molecule has 1 saturated heterocycles. The molecule has 0 unspecified atom stereocenters. The number of methoxy groups -OCH3 is 1. The lowest BCUT2D eigenvalue weighted by atomic mass is 9.94. The Morgan fingerprint density at radius 3 is 2.74 bits per heavy atom. The first-order valence-electron chi connectivity index (χ1n) is 14.0. The highest BCUT2D eigenvalue weighted by Crippen LogP contribution is 2.38. The molecular weight excluding hydrogens is 549 g/mol. The van der Waals surface area contributed by atoms with E-state index in [0.717, 1.165) is 59.4 Å². The first-order chi connectivity index (χ1) is 20.2. The number of imidazole rings is 1. The molecule has 10 heteroatoms. The minimum absolute atomic E-state index is 0.000393. The number of hydrogen-bond donors (Lipinski definition) is 0. The zero-order valence-corrected chi connectivity index (χ0v) is 23.4. The minimum atomic E-state index is -4.78. The Kier molecular flexibility index (Phi) is 7.57. The van der Waals surface area contributed by atoms with Crippen LogP contribution in [0.3, 0.4) is 0 Å². The molecule has 4 aromatic rings. The molecule has 3 aromatic carbocycles. The van der Waals surface area contributed by atoms with Gasteiger partial charge in [-0.1, -0.05) is 24.3 Å². The van der Waals surface area contributed by atoms with Crippen molar-refractivity contribution in [3.63, 3.8) is 0 Å². The number of rotatable bonds is 8. The van der Waals surface area contributed by atoms with Crippen molar-refractivity contribution in [2.24, 2.45) is 0 Å². The van der Waals surface area contributed by atoms with Crippen LogP contribution in [-0.2, 0) is 27.1 Å². The Morgan fingerprint density at radius 1 is 1.12 bits per heavy atom. The van der Waals surface area contributed by atoms with E-state index in [0.29, 0.717) is 36.5 Å². The van der Waals surface area contributed by atoms with E-state index < -0.39 is 6.36 Å². The van der Waals surface area contributed by atoms with E-state index in [2.05, 4.69) is 23.8 Å². The van der Waals surface area contributed by atoms with E-state index in [9.17, 15) is 18.0 Å². The van der Waals surface area contributed by atoms with Crippen LogP contribution in [0.5, 0.6) is 11.5 Å². The highest BCUT2D eigenvalue weighted by atomic mass is 19.4. The predicted octanol–water partition coefficient (Wildman–Crippen LogP) is 6.91. The Morgan fingerprint density at radius 2 is 1.98 bits per heavy atom. The van der Waals surface area contributed by atoms with Crippen molar-refractivity contribution in [2.75, 3.05) is 20.3 Å². The molecule has 0 aliphatic carbocycles. The van der Waals surface area contributed by atoms with E-state index in [1.807, 2.05) is 28.8 Å². The Hall–Kier alpha value is -4.05. The van der Waals surface area contributed by atoms with Gasteiger partial charge in [-0.05, 0) is 73.6 Å². The molecule has 2 aliphatic rings. The summed E-state index contributed by atoms with van der Waals surface area (Å²) >= 11 is 0. The summed E-state index contributed by atoms with van der Waals surface area (Å²) < 4.78 is 61.4. The molecule has 42 heavy (non-hydrogen) atoms. The fraction of sp³-hybridized carbons (Fsp3) is 0.375. The molecule has 0 radical (unpaired) electrons. The largest absolute Gasteiger partial charge is 0.573 e. The predicted molar refractivity (Wildman–Crippen MR) is 149 cm³/mol. The first kappa shape index (κ1) is 28.1. The summed E-state index contributed by atoms with van der Waals surface area (Å²) in [6.45, 7) is 3.13. The monoisotopic (exact) mass is 580 g/mol. The topological polar surface area (TPSA) is 71.8 Å². The molecule has 0 amide bonds. The van der Waals surface area contributed by atoms with E-state index in [-0.39, 0.29) is 23.7 Å². The van der Waals surface area contributed by atoms with E-state index in [4.69, 9.17) is 19.2 Å². The van der Waals surface area contributed by atoms with Crippen LogP contribution in [0.15, 0.2) is 54.6 Å². The van der Waals surface area contributed by atoms with Gasteiger partial charge in [0.15, 0.2) is 0 Å². The van der Waals surface area contributed by atoms with Crippen molar-refractivity contribution >= 4 is 17.0 Å². The van der Waals surface area contributed by atoms with Gasteiger partial charge < -0.3 is 18.9 Å². The number of hydrogen-bond acceptors (Lipinski definition) is 6. The fourth-order valence-corrected chi connectivity index (χ4v) is 5.92. The van der Waals surface area contributed by atoms with Gasteiger partial charge in [0.05, 0.1) is 36.9 Å². The van der Waals surface area contributed by atoms with Crippen molar-refractivity contribution in [3.05, 3.63) is 82.7 Å². The number of esters is 1. The maximum absolute atomic E-state index is 12.9.